The largest absolute Gasteiger partial charge is 0.495 e. The molecule has 1 fully saturated rings. The van der Waals surface area contributed by atoms with Gasteiger partial charge in [-0.2, -0.15) is 0 Å². The second kappa shape index (κ2) is 8.76. The quantitative estimate of drug-likeness (QED) is 0.609. The van der Waals surface area contributed by atoms with Crippen molar-refractivity contribution in [3.05, 3.63) is 53.6 Å². The highest BCUT2D eigenvalue weighted by atomic mass is 32.2. The van der Waals surface area contributed by atoms with Gasteiger partial charge in [0.2, 0.25) is 10.0 Å². The minimum Gasteiger partial charge on any atom is -0.495 e. The predicted octanol–water partition coefficient (Wildman–Crippen LogP) is 2.21. The van der Waals surface area contributed by atoms with Crippen molar-refractivity contribution in [2.45, 2.75) is 23.8 Å². The molecule has 3 rings (SSSR count). The number of esters is 1. The Labute approximate surface area is 171 Å². The highest BCUT2D eigenvalue weighted by Crippen LogP contribution is 2.28. The van der Waals surface area contributed by atoms with E-state index in [9.17, 15) is 26.8 Å². The maximum atomic E-state index is 13.2. The minimum absolute atomic E-state index is 0.0468. The summed E-state index contributed by atoms with van der Waals surface area (Å²) >= 11 is 0. The van der Waals surface area contributed by atoms with Gasteiger partial charge < -0.3 is 14.8 Å². The zero-order valence-electron chi connectivity index (χ0n) is 15.8. The van der Waals surface area contributed by atoms with Gasteiger partial charge in [-0.25, -0.2) is 26.7 Å². The third-order valence-electron chi connectivity index (χ3n) is 4.07. The van der Waals surface area contributed by atoms with Crippen LogP contribution in [0.15, 0.2) is 41.3 Å². The summed E-state index contributed by atoms with van der Waals surface area (Å²) in [4.78, 5) is 23.9. The smallest absolute Gasteiger partial charge is 0.338 e. The zero-order chi connectivity index (χ0) is 21.9. The van der Waals surface area contributed by atoms with Crippen LogP contribution in [0, 0.1) is 11.6 Å². The molecule has 0 bridgehead atoms. The summed E-state index contributed by atoms with van der Waals surface area (Å²) in [5.41, 5.74) is -0.255. The van der Waals surface area contributed by atoms with Crippen molar-refractivity contribution in [2.75, 3.05) is 19.0 Å². The van der Waals surface area contributed by atoms with Crippen molar-refractivity contribution < 1.29 is 36.3 Å². The van der Waals surface area contributed by atoms with Crippen LogP contribution < -0.4 is 14.8 Å². The number of halogens is 2. The van der Waals surface area contributed by atoms with E-state index in [1.165, 1.54) is 19.2 Å². The summed E-state index contributed by atoms with van der Waals surface area (Å²) < 4.78 is 63.7. The van der Waals surface area contributed by atoms with E-state index < -0.39 is 40.1 Å². The Kier molecular flexibility index (Phi) is 6.32. The number of rotatable bonds is 8. The molecule has 8 nitrogen and oxygen atoms in total. The Morgan fingerprint density at radius 2 is 1.77 bits per heavy atom. The summed E-state index contributed by atoms with van der Waals surface area (Å²) in [5, 5.41) is 2.19. The lowest BCUT2D eigenvalue weighted by Gasteiger charge is -2.12. The molecule has 0 saturated heterocycles. The lowest BCUT2D eigenvalue weighted by molar-refractivity contribution is -0.119. The first-order valence-electron chi connectivity index (χ1n) is 8.81. The van der Waals surface area contributed by atoms with Crippen molar-refractivity contribution in [1.82, 2.24) is 4.72 Å². The first-order valence-corrected chi connectivity index (χ1v) is 10.3. The Morgan fingerprint density at radius 3 is 2.37 bits per heavy atom. The van der Waals surface area contributed by atoms with E-state index in [0.717, 1.165) is 31.0 Å². The zero-order valence-corrected chi connectivity index (χ0v) is 16.6. The third-order valence-corrected chi connectivity index (χ3v) is 5.61. The molecule has 11 heteroatoms. The highest BCUT2D eigenvalue weighted by Gasteiger charge is 2.30. The number of anilines is 1. The predicted molar refractivity (Wildman–Crippen MR) is 102 cm³/mol. The van der Waals surface area contributed by atoms with Crippen LogP contribution in [-0.2, 0) is 19.6 Å². The van der Waals surface area contributed by atoms with Gasteiger partial charge in [0.25, 0.3) is 5.91 Å². The lowest BCUT2D eigenvalue weighted by atomic mass is 10.2. The van der Waals surface area contributed by atoms with E-state index in [1.807, 2.05) is 0 Å². The van der Waals surface area contributed by atoms with E-state index in [1.54, 1.807) is 0 Å². The molecule has 1 saturated carbocycles. The van der Waals surface area contributed by atoms with Gasteiger partial charge in [0.05, 0.1) is 12.7 Å². The minimum atomic E-state index is -3.91. The van der Waals surface area contributed by atoms with Crippen LogP contribution in [0.25, 0.3) is 0 Å². The van der Waals surface area contributed by atoms with E-state index in [0.29, 0.717) is 6.07 Å². The molecule has 1 amide bonds. The van der Waals surface area contributed by atoms with Gasteiger partial charge in [-0.15, -0.1) is 0 Å². The number of benzene rings is 2. The van der Waals surface area contributed by atoms with Crippen molar-refractivity contribution in [2.24, 2.45) is 0 Å². The van der Waals surface area contributed by atoms with Gasteiger partial charge in [-0.3, -0.25) is 4.79 Å². The SMILES string of the molecule is COc1ccc(C(=O)OCC(=O)Nc2cc(F)cc(F)c2)cc1S(=O)(=O)NC1CC1. The Bertz CT molecular complexity index is 1070. The average molecular weight is 440 g/mol. The maximum absolute atomic E-state index is 13.2. The van der Waals surface area contributed by atoms with Crippen LogP contribution in [0.1, 0.15) is 23.2 Å². The fourth-order valence-electron chi connectivity index (χ4n) is 2.54. The highest BCUT2D eigenvalue weighted by molar-refractivity contribution is 7.89. The normalized spacial score (nSPS) is 13.6. The van der Waals surface area contributed by atoms with E-state index in [4.69, 9.17) is 9.47 Å². The number of sulfonamides is 1. The van der Waals surface area contributed by atoms with Crippen LogP contribution in [0.3, 0.4) is 0 Å². The van der Waals surface area contributed by atoms with Gasteiger partial charge in [-0.05, 0) is 43.2 Å². The van der Waals surface area contributed by atoms with Crippen LogP contribution in [0.5, 0.6) is 5.75 Å². The Morgan fingerprint density at radius 1 is 1.10 bits per heavy atom. The second-order valence-corrected chi connectivity index (χ2v) is 8.23. The lowest BCUT2D eigenvalue weighted by Crippen LogP contribution is -2.26. The van der Waals surface area contributed by atoms with E-state index in [-0.39, 0.29) is 27.9 Å². The first-order chi connectivity index (χ1) is 14.2. The molecular formula is C19H18F2N2O6S. The second-order valence-electron chi connectivity index (χ2n) is 6.54. The number of nitrogens with one attached hydrogen (secondary N) is 2. The molecule has 1 aliphatic rings. The van der Waals surface area contributed by atoms with E-state index >= 15 is 0 Å². The third kappa shape index (κ3) is 5.51. The van der Waals surface area contributed by atoms with Crippen molar-refractivity contribution in [1.29, 1.82) is 0 Å². The van der Waals surface area contributed by atoms with Crippen molar-refractivity contribution >= 4 is 27.6 Å². The molecule has 1 aliphatic carbocycles. The molecule has 0 aliphatic heterocycles. The van der Waals surface area contributed by atoms with Crippen molar-refractivity contribution in [3.8, 4) is 5.75 Å². The molecule has 0 unspecified atom stereocenters. The molecule has 0 heterocycles. The van der Waals surface area contributed by atoms with Crippen LogP contribution in [0.2, 0.25) is 0 Å². The number of carbonyl (C=O) groups excluding carboxylic acids is 2. The molecule has 0 spiro atoms. The number of carbonyl (C=O) groups is 2. The standard InChI is InChI=1S/C19H18F2N2O6S/c1-28-16-5-2-11(6-17(16)30(26,27)23-14-3-4-14)19(25)29-10-18(24)22-15-8-12(20)7-13(21)9-15/h2,5-9,14,23H,3-4,10H2,1H3,(H,22,24). The van der Waals surface area contributed by atoms with Gasteiger partial charge in [0, 0.05) is 17.8 Å². The van der Waals surface area contributed by atoms with Crippen LogP contribution in [0.4, 0.5) is 14.5 Å². The fraction of sp³-hybridized carbons (Fsp3) is 0.263. The maximum Gasteiger partial charge on any atom is 0.338 e. The molecular weight excluding hydrogens is 422 g/mol. The van der Waals surface area contributed by atoms with E-state index in [2.05, 4.69) is 10.0 Å². The number of ether oxygens (including phenoxy) is 2. The number of amides is 1. The van der Waals surface area contributed by atoms with Gasteiger partial charge in [-0.1, -0.05) is 0 Å². The fourth-order valence-corrected chi connectivity index (χ4v) is 4.04. The molecule has 30 heavy (non-hydrogen) atoms. The first kappa shape index (κ1) is 21.7. The summed E-state index contributed by atoms with van der Waals surface area (Å²) in [6.07, 6.45) is 1.46. The van der Waals surface area contributed by atoms with Gasteiger partial charge >= 0.3 is 5.97 Å². The summed E-state index contributed by atoms with van der Waals surface area (Å²) in [6.45, 7) is -0.745. The topological polar surface area (TPSA) is 111 Å². The molecule has 0 radical (unpaired) electrons. The summed E-state index contributed by atoms with van der Waals surface area (Å²) in [5.74, 6) is -3.50. The monoisotopic (exact) mass is 440 g/mol. The number of methoxy groups -OCH3 is 1. The Balaban J connectivity index is 1.67. The molecule has 2 aromatic rings. The Hall–Kier alpha value is -3.05. The average Bonchev–Trinajstić information content (AvgIpc) is 3.48. The number of hydrogen-bond acceptors (Lipinski definition) is 6. The molecule has 160 valence electrons. The van der Waals surface area contributed by atoms with Crippen LogP contribution >= 0.6 is 0 Å². The van der Waals surface area contributed by atoms with Crippen molar-refractivity contribution in [3.63, 3.8) is 0 Å². The molecule has 0 aromatic heterocycles. The van der Waals surface area contributed by atoms with Gasteiger partial charge in [0.1, 0.15) is 22.3 Å². The number of hydrogen-bond donors (Lipinski definition) is 2. The van der Waals surface area contributed by atoms with Gasteiger partial charge in [0.15, 0.2) is 6.61 Å². The summed E-state index contributed by atoms with van der Waals surface area (Å²) in [7, 11) is -2.61. The molecule has 2 aromatic carbocycles. The molecule has 2 N–H and O–H groups in total. The summed E-state index contributed by atoms with van der Waals surface area (Å²) in [6, 6.07) is 5.97. The molecule has 0 atom stereocenters. The van der Waals surface area contributed by atoms with Crippen LogP contribution in [-0.4, -0.2) is 40.1 Å².